The van der Waals surface area contributed by atoms with E-state index in [1.165, 1.54) is 19.3 Å². The lowest BCUT2D eigenvalue weighted by Gasteiger charge is -2.29. The highest BCUT2D eigenvalue weighted by Gasteiger charge is 2.39. The summed E-state index contributed by atoms with van der Waals surface area (Å²) in [7, 11) is 0. The maximum atomic E-state index is 6.30. The van der Waals surface area contributed by atoms with Crippen molar-refractivity contribution >= 4 is 5.82 Å². The van der Waals surface area contributed by atoms with E-state index >= 15 is 0 Å². The lowest BCUT2D eigenvalue weighted by atomic mass is 9.78. The Morgan fingerprint density at radius 1 is 1.40 bits per heavy atom. The number of pyridine rings is 1. The molecule has 1 saturated heterocycles. The monoisotopic (exact) mass is 275 g/mol. The molecule has 110 valence electrons. The van der Waals surface area contributed by atoms with Gasteiger partial charge in [-0.2, -0.15) is 0 Å². The van der Waals surface area contributed by atoms with Crippen molar-refractivity contribution in [2.24, 2.45) is 17.6 Å². The molecule has 2 fully saturated rings. The first-order valence-corrected chi connectivity index (χ1v) is 7.88. The molecule has 2 N–H and O–H groups in total. The second-order valence-corrected chi connectivity index (χ2v) is 6.10. The molecule has 2 aliphatic rings. The van der Waals surface area contributed by atoms with Gasteiger partial charge in [0.05, 0.1) is 6.61 Å². The standard InChI is InChI=1S/C16H25N3O/c1-2-9-20-15-7-4-8-18-16(15)19-10-12-5-3-6-14(17)13(12)11-19/h4,7-8,12-14H,2-3,5-6,9-11,17H2,1H3. The molecule has 1 aromatic heterocycles. The van der Waals surface area contributed by atoms with Gasteiger partial charge in [-0.1, -0.05) is 13.3 Å². The minimum atomic E-state index is 0.363. The SMILES string of the molecule is CCCOc1cccnc1N1CC2CCCC(N)C2C1. The minimum Gasteiger partial charge on any atom is -0.490 e. The molecule has 0 bridgehead atoms. The number of rotatable bonds is 4. The van der Waals surface area contributed by atoms with Crippen LogP contribution in [-0.2, 0) is 0 Å². The van der Waals surface area contributed by atoms with Crippen LogP contribution in [0.15, 0.2) is 18.3 Å². The predicted molar refractivity (Wildman–Crippen MR) is 81.0 cm³/mol. The van der Waals surface area contributed by atoms with Gasteiger partial charge < -0.3 is 15.4 Å². The molecule has 3 atom stereocenters. The van der Waals surface area contributed by atoms with Crippen LogP contribution in [0, 0.1) is 11.8 Å². The van der Waals surface area contributed by atoms with Gasteiger partial charge in [0.2, 0.25) is 0 Å². The van der Waals surface area contributed by atoms with Crippen LogP contribution < -0.4 is 15.4 Å². The predicted octanol–water partition coefficient (Wildman–Crippen LogP) is 2.43. The number of aromatic nitrogens is 1. The zero-order chi connectivity index (χ0) is 13.9. The van der Waals surface area contributed by atoms with E-state index in [9.17, 15) is 0 Å². The fourth-order valence-electron chi connectivity index (χ4n) is 3.63. The van der Waals surface area contributed by atoms with E-state index in [4.69, 9.17) is 10.5 Å². The Morgan fingerprint density at radius 2 is 2.30 bits per heavy atom. The first kappa shape index (κ1) is 13.7. The van der Waals surface area contributed by atoms with Crippen LogP contribution >= 0.6 is 0 Å². The molecule has 1 aliphatic carbocycles. The lowest BCUT2D eigenvalue weighted by Crippen LogP contribution is -2.38. The Morgan fingerprint density at radius 3 is 3.10 bits per heavy atom. The Balaban J connectivity index is 1.77. The Bertz CT molecular complexity index is 451. The summed E-state index contributed by atoms with van der Waals surface area (Å²) in [6.07, 6.45) is 6.64. The molecule has 0 spiro atoms. The maximum absolute atomic E-state index is 6.30. The number of nitrogens with two attached hydrogens (primary N) is 1. The summed E-state index contributed by atoms with van der Waals surface area (Å²) in [6.45, 7) is 4.99. The number of ether oxygens (including phenoxy) is 1. The largest absolute Gasteiger partial charge is 0.490 e. The van der Waals surface area contributed by atoms with Crippen molar-refractivity contribution in [2.75, 3.05) is 24.6 Å². The van der Waals surface area contributed by atoms with Crippen molar-refractivity contribution < 1.29 is 4.74 Å². The number of fused-ring (bicyclic) bond motifs is 1. The normalized spacial score (nSPS) is 29.3. The molecule has 3 rings (SSSR count). The molecule has 3 unspecified atom stereocenters. The second-order valence-electron chi connectivity index (χ2n) is 6.10. The van der Waals surface area contributed by atoms with Crippen molar-refractivity contribution in [3.05, 3.63) is 18.3 Å². The summed E-state index contributed by atoms with van der Waals surface area (Å²) in [6, 6.07) is 4.34. The molecule has 4 nitrogen and oxygen atoms in total. The second kappa shape index (κ2) is 6.00. The third-order valence-electron chi connectivity index (χ3n) is 4.67. The number of nitrogens with zero attached hydrogens (tertiary/aromatic N) is 2. The number of hydrogen-bond acceptors (Lipinski definition) is 4. The summed E-state index contributed by atoms with van der Waals surface area (Å²) >= 11 is 0. The van der Waals surface area contributed by atoms with Crippen molar-refractivity contribution in [1.82, 2.24) is 4.98 Å². The molecule has 4 heteroatoms. The highest BCUT2D eigenvalue weighted by Crippen LogP contribution is 2.39. The van der Waals surface area contributed by atoms with Crippen molar-refractivity contribution in [1.29, 1.82) is 0 Å². The van der Waals surface area contributed by atoms with E-state index in [0.29, 0.717) is 12.0 Å². The van der Waals surface area contributed by atoms with Crippen molar-refractivity contribution in [3.63, 3.8) is 0 Å². The third-order valence-corrected chi connectivity index (χ3v) is 4.67. The van der Waals surface area contributed by atoms with E-state index in [-0.39, 0.29) is 0 Å². The average Bonchev–Trinajstić information content (AvgIpc) is 2.91. The van der Waals surface area contributed by atoms with Crippen LogP contribution in [0.5, 0.6) is 5.75 Å². The van der Waals surface area contributed by atoms with Crippen molar-refractivity contribution in [2.45, 2.75) is 38.6 Å². The van der Waals surface area contributed by atoms with E-state index < -0.39 is 0 Å². The molecular weight excluding hydrogens is 250 g/mol. The van der Waals surface area contributed by atoms with Crippen LogP contribution in [0.4, 0.5) is 5.82 Å². The quantitative estimate of drug-likeness (QED) is 0.917. The van der Waals surface area contributed by atoms with E-state index in [2.05, 4.69) is 16.8 Å². The number of anilines is 1. The first-order chi connectivity index (χ1) is 9.79. The highest BCUT2D eigenvalue weighted by atomic mass is 16.5. The fourth-order valence-corrected chi connectivity index (χ4v) is 3.63. The Hall–Kier alpha value is -1.29. The average molecular weight is 275 g/mol. The van der Waals surface area contributed by atoms with Gasteiger partial charge in [0.15, 0.2) is 11.6 Å². The van der Waals surface area contributed by atoms with E-state index in [1.807, 2.05) is 18.3 Å². The smallest absolute Gasteiger partial charge is 0.171 e. The maximum Gasteiger partial charge on any atom is 0.171 e. The van der Waals surface area contributed by atoms with Gasteiger partial charge in [0, 0.05) is 25.3 Å². The topological polar surface area (TPSA) is 51.4 Å². The van der Waals surface area contributed by atoms with Gasteiger partial charge in [-0.3, -0.25) is 0 Å². The molecule has 0 amide bonds. The molecule has 20 heavy (non-hydrogen) atoms. The summed E-state index contributed by atoms with van der Waals surface area (Å²) in [4.78, 5) is 6.94. The van der Waals surface area contributed by atoms with E-state index in [0.717, 1.165) is 43.6 Å². The lowest BCUT2D eigenvalue weighted by molar-refractivity contribution is 0.260. The molecule has 1 aliphatic heterocycles. The minimum absolute atomic E-state index is 0.363. The molecule has 0 aromatic carbocycles. The van der Waals surface area contributed by atoms with Crippen LogP contribution in [-0.4, -0.2) is 30.7 Å². The highest BCUT2D eigenvalue weighted by molar-refractivity contribution is 5.53. The summed E-state index contributed by atoms with van der Waals surface area (Å²) in [5.41, 5.74) is 6.30. The van der Waals surface area contributed by atoms with Crippen LogP contribution in [0.2, 0.25) is 0 Å². The van der Waals surface area contributed by atoms with Gasteiger partial charge in [-0.15, -0.1) is 0 Å². The van der Waals surface area contributed by atoms with Gasteiger partial charge in [0.1, 0.15) is 0 Å². The van der Waals surface area contributed by atoms with Gasteiger partial charge >= 0.3 is 0 Å². The fraction of sp³-hybridized carbons (Fsp3) is 0.688. The molecule has 2 heterocycles. The first-order valence-electron chi connectivity index (χ1n) is 7.88. The van der Waals surface area contributed by atoms with Crippen molar-refractivity contribution in [3.8, 4) is 5.75 Å². The van der Waals surface area contributed by atoms with Crippen LogP contribution in [0.25, 0.3) is 0 Å². The summed E-state index contributed by atoms with van der Waals surface area (Å²) in [5, 5.41) is 0. The zero-order valence-corrected chi connectivity index (χ0v) is 12.3. The third kappa shape index (κ3) is 2.62. The molecule has 1 saturated carbocycles. The number of hydrogen-bond donors (Lipinski definition) is 1. The van der Waals surface area contributed by atoms with Gasteiger partial charge in [-0.25, -0.2) is 4.98 Å². The molecular formula is C16H25N3O. The van der Waals surface area contributed by atoms with Gasteiger partial charge in [0.25, 0.3) is 0 Å². The molecule has 0 radical (unpaired) electrons. The van der Waals surface area contributed by atoms with Crippen LogP contribution in [0.1, 0.15) is 32.6 Å². The zero-order valence-electron chi connectivity index (χ0n) is 12.3. The summed E-state index contributed by atoms with van der Waals surface area (Å²) < 4.78 is 5.84. The van der Waals surface area contributed by atoms with Gasteiger partial charge in [-0.05, 0) is 43.2 Å². The Kier molecular flexibility index (Phi) is 4.10. The van der Waals surface area contributed by atoms with Crippen LogP contribution in [0.3, 0.4) is 0 Å². The molecule has 1 aromatic rings. The Labute approximate surface area is 121 Å². The summed E-state index contributed by atoms with van der Waals surface area (Å²) in [5.74, 6) is 3.29. The van der Waals surface area contributed by atoms with E-state index in [1.54, 1.807) is 0 Å².